The number of hydrogen-bond acceptors (Lipinski definition) is 3. The lowest BCUT2D eigenvalue weighted by atomic mass is 10.1. The molecule has 1 amide bonds. The lowest BCUT2D eigenvalue weighted by molar-refractivity contribution is 0.0937. The molecule has 0 aliphatic rings. The summed E-state index contributed by atoms with van der Waals surface area (Å²) in [5, 5.41) is 2.88. The van der Waals surface area contributed by atoms with Gasteiger partial charge in [0, 0.05) is 24.7 Å². The fourth-order valence-electron chi connectivity index (χ4n) is 1.74. The molecule has 0 aliphatic heterocycles. The minimum absolute atomic E-state index is 0.0320. The Morgan fingerprint density at radius 3 is 2.89 bits per heavy atom. The van der Waals surface area contributed by atoms with Crippen LogP contribution in [0.5, 0.6) is 0 Å². The topological polar surface area (TPSA) is 75.1 Å². The first-order chi connectivity index (χ1) is 9.15. The van der Waals surface area contributed by atoms with Gasteiger partial charge in [-0.3, -0.25) is 9.59 Å². The van der Waals surface area contributed by atoms with Crippen LogP contribution in [0.15, 0.2) is 45.9 Å². The summed E-state index contributed by atoms with van der Waals surface area (Å²) in [6.45, 7) is 1.94. The van der Waals surface area contributed by atoms with E-state index in [0.717, 1.165) is 18.6 Å². The monoisotopic (exact) mass is 260 g/mol. The molecule has 2 aromatic heterocycles. The molecule has 0 saturated heterocycles. The largest absolute Gasteiger partial charge is 0.469 e. The number of pyridine rings is 1. The van der Waals surface area contributed by atoms with Crippen molar-refractivity contribution in [2.45, 2.75) is 25.8 Å². The summed E-state index contributed by atoms with van der Waals surface area (Å²) in [6.07, 6.45) is 4.62. The van der Waals surface area contributed by atoms with Crippen molar-refractivity contribution in [3.05, 3.63) is 58.4 Å². The molecular weight excluding hydrogens is 244 g/mol. The first kappa shape index (κ1) is 13.1. The Morgan fingerprint density at radius 1 is 1.42 bits per heavy atom. The molecule has 1 atom stereocenters. The van der Waals surface area contributed by atoms with Crippen LogP contribution in [0, 0.1) is 0 Å². The number of carbonyl (C=O) groups excluding carboxylic acids is 1. The van der Waals surface area contributed by atoms with E-state index in [1.165, 1.54) is 18.3 Å². The van der Waals surface area contributed by atoms with E-state index in [1.807, 2.05) is 19.1 Å². The third-order valence-corrected chi connectivity index (χ3v) is 2.83. The Morgan fingerprint density at radius 2 is 2.26 bits per heavy atom. The molecule has 0 bridgehead atoms. The van der Waals surface area contributed by atoms with Crippen LogP contribution >= 0.6 is 0 Å². The van der Waals surface area contributed by atoms with Crippen LogP contribution in [0.1, 0.15) is 29.5 Å². The van der Waals surface area contributed by atoms with E-state index < -0.39 is 0 Å². The zero-order valence-corrected chi connectivity index (χ0v) is 10.7. The first-order valence-electron chi connectivity index (χ1n) is 6.17. The molecule has 2 N–H and O–H groups in total. The fourth-order valence-corrected chi connectivity index (χ4v) is 1.74. The highest BCUT2D eigenvalue weighted by Gasteiger charge is 2.10. The second kappa shape index (κ2) is 6.04. The molecular formula is C14H16N2O3. The Hall–Kier alpha value is -2.30. The first-order valence-corrected chi connectivity index (χ1v) is 6.17. The van der Waals surface area contributed by atoms with Crippen molar-refractivity contribution >= 4 is 5.91 Å². The number of furan rings is 1. The van der Waals surface area contributed by atoms with Crippen molar-refractivity contribution in [3.8, 4) is 0 Å². The SMILES string of the molecule is CC(CCc1ccco1)NC(=O)c1ccc(=O)[nH]c1. The summed E-state index contributed by atoms with van der Waals surface area (Å²) >= 11 is 0. The zero-order valence-electron chi connectivity index (χ0n) is 10.7. The zero-order chi connectivity index (χ0) is 13.7. The van der Waals surface area contributed by atoms with E-state index in [1.54, 1.807) is 6.26 Å². The van der Waals surface area contributed by atoms with Crippen molar-refractivity contribution in [2.24, 2.45) is 0 Å². The van der Waals surface area contributed by atoms with Crippen molar-refractivity contribution in [3.63, 3.8) is 0 Å². The number of nitrogens with one attached hydrogen (secondary N) is 2. The fraction of sp³-hybridized carbons (Fsp3) is 0.286. The molecule has 1 unspecified atom stereocenters. The van der Waals surface area contributed by atoms with Gasteiger partial charge in [-0.05, 0) is 31.5 Å². The van der Waals surface area contributed by atoms with Gasteiger partial charge in [0.15, 0.2) is 0 Å². The summed E-state index contributed by atoms with van der Waals surface area (Å²) < 4.78 is 5.23. The molecule has 2 rings (SSSR count). The highest BCUT2D eigenvalue weighted by atomic mass is 16.3. The smallest absolute Gasteiger partial charge is 0.252 e. The number of hydrogen-bond donors (Lipinski definition) is 2. The quantitative estimate of drug-likeness (QED) is 0.859. The normalized spacial score (nSPS) is 12.1. The number of rotatable bonds is 5. The van der Waals surface area contributed by atoms with Crippen molar-refractivity contribution in [1.29, 1.82) is 0 Å². The Balaban J connectivity index is 1.84. The maximum absolute atomic E-state index is 11.9. The van der Waals surface area contributed by atoms with Crippen LogP contribution in [-0.2, 0) is 6.42 Å². The van der Waals surface area contributed by atoms with Crippen LogP contribution in [0.2, 0.25) is 0 Å². The van der Waals surface area contributed by atoms with Crippen molar-refractivity contribution in [1.82, 2.24) is 10.3 Å². The van der Waals surface area contributed by atoms with Gasteiger partial charge in [0.1, 0.15) is 5.76 Å². The van der Waals surface area contributed by atoms with Gasteiger partial charge in [0.05, 0.1) is 11.8 Å². The third kappa shape index (κ3) is 3.84. The van der Waals surface area contributed by atoms with Gasteiger partial charge in [-0.15, -0.1) is 0 Å². The molecule has 0 radical (unpaired) electrons. The lowest BCUT2D eigenvalue weighted by Gasteiger charge is -2.12. The maximum atomic E-state index is 11.9. The van der Waals surface area contributed by atoms with Crippen LogP contribution in [0.25, 0.3) is 0 Å². The molecule has 0 fully saturated rings. The molecule has 2 heterocycles. The van der Waals surface area contributed by atoms with Gasteiger partial charge in [-0.1, -0.05) is 0 Å². The van der Waals surface area contributed by atoms with E-state index in [-0.39, 0.29) is 17.5 Å². The van der Waals surface area contributed by atoms with Crippen LogP contribution < -0.4 is 10.9 Å². The number of aryl methyl sites for hydroxylation is 1. The Kier molecular flexibility index (Phi) is 4.18. The van der Waals surface area contributed by atoms with Crippen molar-refractivity contribution in [2.75, 3.05) is 0 Å². The second-order valence-electron chi connectivity index (χ2n) is 4.43. The van der Waals surface area contributed by atoms with Gasteiger partial charge in [-0.25, -0.2) is 0 Å². The summed E-state index contributed by atoms with van der Waals surface area (Å²) in [5.74, 6) is 0.716. The highest BCUT2D eigenvalue weighted by molar-refractivity contribution is 5.93. The van der Waals surface area contributed by atoms with E-state index in [9.17, 15) is 9.59 Å². The van der Waals surface area contributed by atoms with Gasteiger partial charge in [-0.2, -0.15) is 0 Å². The number of amides is 1. The summed E-state index contributed by atoms with van der Waals surface area (Å²) in [7, 11) is 0. The molecule has 5 heteroatoms. The summed E-state index contributed by atoms with van der Waals surface area (Å²) in [6, 6.07) is 6.63. The molecule has 0 saturated carbocycles. The molecule has 5 nitrogen and oxygen atoms in total. The van der Waals surface area contributed by atoms with Gasteiger partial charge < -0.3 is 14.7 Å². The number of carbonyl (C=O) groups is 1. The molecule has 100 valence electrons. The van der Waals surface area contributed by atoms with Gasteiger partial charge in [0.2, 0.25) is 5.56 Å². The van der Waals surface area contributed by atoms with Gasteiger partial charge >= 0.3 is 0 Å². The second-order valence-corrected chi connectivity index (χ2v) is 4.43. The molecule has 2 aromatic rings. The predicted molar refractivity (Wildman–Crippen MR) is 71.0 cm³/mol. The summed E-state index contributed by atoms with van der Waals surface area (Å²) in [4.78, 5) is 25.3. The molecule has 0 spiro atoms. The standard InChI is InChI=1S/C14H16N2O3/c1-10(4-6-12-3-2-8-19-12)16-14(18)11-5-7-13(17)15-9-11/h2-3,5,7-10H,4,6H2,1H3,(H,15,17)(H,16,18). The predicted octanol–water partition coefficient (Wildman–Crippen LogP) is 1.72. The van der Waals surface area contributed by atoms with E-state index >= 15 is 0 Å². The van der Waals surface area contributed by atoms with Crippen LogP contribution in [0.4, 0.5) is 0 Å². The minimum Gasteiger partial charge on any atom is -0.469 e. The van der Waals surface area contributed by atoms with Crippen LogP contribution in [-0.4, -0.2) is 16.9 Å². The summed E-state index contributed by atoms with van der Waals surface area (Å²) in [5.41, 5.74) is 0.229. The van der Waals surface area contributed by atoms with Gasteiger partial charge in [0.25, 0.3) is 5.91 Å². The van der Waals surface area contributed by atoms with Crippen molar-refractivity contribution < 1.29 is 9.21 Å². The Labute approximate surface area is 110 Å². The average molecular weight is 260 g/mol. The number of aromatic nitrogens is 1. The van der Waals surface area contributed by atoms with E-state index in [2.05, 4.69) is 10.3 Å². The minimum atomic E-state index is -0.220. The van der Waals surface area contributed by atoms with E-state index in [0.29, 0.717) is 5.56 Å². The average Bonchev–Trinajstić information content (AvgIpc) is 2.90. The molecule has 0 aromatic carbocycles. The number of aromatic amines is 1. The third-order valence-electron chi connectivity index (χ3n) is 2.83. The molecule has 0 aliphatic carbocycles. The van der Waals surface area contributed by atoms with E-state index in [4.69, 9.17) is 4.42 Å². The lowest BCUT2D eigenvalue weighted by Crippen LogP contribution is -2.33. The number of H-pyrrole nitrogens is 1. The molecule has 19 heavy (non-hydrogen) atoms. The Bertz CT molecular complexity index is 566. The maximum Gasteiger partial charge on any atom is 0.252 e. The highest BCUT2D eigenvalue weighted by Crippen LogP contribution is 2.06. The van der Waals surface area contributed by atoms with Crippen LogP contribution in [0.3, 0.4) is 0 Å².